The van der Waals surface area contributed by atoms with E-state index in [2.05, 4.69) is 42.3 Å². The second kappa shape index (κ2) is 8.08. The molecule has 0 spiro atoms. The zero-order valence-corrected chi connectivity index (χ0v) is 13.7. The summed E-state index contributed by atoms with van der Waals surface area (Å²) in [5, 5.41) is 0. The van der Waals surface area contributed by atoms with E-state index >= 15 is 0 Å². The first-order valence-corrected chi connectivity index (χ1v) is 4.82. The molecule has 0 aromatic carbocycles. The molecule has 0 saturated heterocycles. The van der Waals surface area contributed by atoms with E-state index in [1.807, 2.05) is 0 Å². The molecular weight excluding hydrogens is 308 g/mol. The first kappa shape index (κ1) is 20.3. The molecule has 90 valence electrons. The van der Waals surface area contributed by atoms with Crippen LogP contribution in [0.15, 0.2) is 0 Å². The summed E-state index contributed by atoms with van der Waals surface area (Å²) in [5.41, 5.74) is 0. The van der Waals surface area contributed by atoms with Gasteiger partial charge in [-0.3, -0.25) is 0 Å². The zero-order valence-electron chi connectivity index (χ0n) is 10.5. The van der Waals surface area contributed by atoms with Crippen LogP contribution in [0.5, 0.6) is 0 Å². The Hall–Kier alpha value is 0.880. The van der Waals surface area contributed by atoms with Crippen molar-refractivity contribution in [2.75, 3.05) is 55.4 Å². The van der Waals surface area contributed by atoms with Crippen LogP contribution >= 0.6 is 0 Å². The molecule has 0 unspecified atom stereocenters. The highest BCUT2D eigenvalue weighted by Gasteiger charge is 2.09. The van der Waals surface area contributed by atoms with Crippen LogP contribution in [-0.4, -0.2) is 64.3 Å². The normalized spacial score (nSPS) is 11.6. The fourth-order valence-electron chi connectivity index (χ4n) is 1.17. The van der Waals surface area contributed by atoms with Crippen LogP contribution in [0, 0.1) is 0 Å². The summed E-state index contributed by atoms with van der Waals surface area (Å²) in [6, 6.07) is 0. The molecule has 0 saturated carbocycles. The van der Waals surface area contributed by atoms with Crippen LogP contribution < -0.4 is 34.0 Å². The molecule has 0 aromatic rings. The Bertz CT molecular complexity index is 109. The van der Waals surface area contributed by atoms with Gasteiger partial charge in [-0.25, -0.2) is 0 Å². The van der Waals surface area contributed by atoms with Crippen molar-refractivity contribution in [3.05, 3.63) is 0 Å². The standard InChI is InChI=1S/C10H26N2.2BrH/c1-11(2,3)9-7-8-10-12(4,5)6;;/h7-10H2,1-6H3;2*1H/q+2;;/p-2. The lowest BCUT2D eigenvalue weighted by atomic mass is 10.2. The fourth-order valence-corrected chi connectivity index (χ4v) is 1.17. The molecule has 0 aliphatic carbocycles. The van der Waals surface area contributed by atoms with Gasteiger partial charge in [0.15, 0.2) is 0 Å². The molecule has 0 aromatic heterocycles. The van der Waals surface area contributed by atoms with E-state index in [-0.39, 0.29) is 34.0 Å². The van der Waals surface area contributed by atoms with Crippen LogP contribution in [0.2, 0.25) is 0 Å². The molecule has 0 rings (SSSR count). The van der Waals surface area contributed by atoms with Gasteiger partial charge < -0.3 is 42.9 Å². The summed E-state index contributed by atoms with van der Waals surface area (Å²) in [5.74, 6) is 0. The highest BCUT2D eigenvalue weighted by molar-refractivity contribution is 4.37. The number of hydrogen-bond donors (Lipinski definition) is 0. The van der Waals surface area contributed by atoms with Crippen molar-refractivity contribution < 1.29 is 42.9 Å². The van der Waals surface area contributed by atoms with Crippen molar-refractivity contribution in [2.45, 2.75) is 12.8 Å². The number of hydrogen-bond acceptors (Lipinski definition) is 0. The predicted molar refractivity (Wildman–Crippen MR) is 55.0 cm³/mol. The lowest BCUT2D eigenvalue weighted by molar-refractivity contribution is -0.877. The van der Waals surface area contributed by atoms with Crippen molar-refractivity contribution >= 4 is 0 Å². The largest absolute Gasteiger partial charge is 1.00 e. The number of halogens is 2. The molecule has 0 radical (unpaired) electrons. The first-order valence-electron chi connectivity index (χ1n) is 4.82. The lowest BCUT2D eigenvalue weighted by Crippen LogP contribution is -3.00. The van der Waals surface area contributed by atoms with E-state index in [4.69, 9.17) is 0 Å². The number of unbranched alkanes of at least 4 members (excludes halogenated alkanes) is 1. The van der Waals surface area contributed by atoms with Gasteiger partial charge in [-0.1, -0.05) is 0 Å². The molecule has 14 heavy (non-hydrogen) atoms. The highest BCUT2D eigenvalue weighted by atomic mass is 79.9. The van der Waals surface area contributed by atoms with Gasteiger partial charge >= 0.3 is 0 Å². The maximum Gasteiger partial charge on any atom is 0.0782 e. The van der Waals surface area contributed by atoms with Crippen LogP contribution in [0.4, 0.5) is 0 Å². The number of rotatable bonds is 5. The van der Waals surface area contributed by atoms with Gasteiger partial charge in [0.05, 0.1) is 55.4 Å². The first-order chi connectivity index (χ1) is 5.21. The van der Waals surface area contributed by atoms with E-state index in [0.717, 1.165) is 8.97 Å². The van der Waals surface area contributed by atoms with Crippen molar-refractivity contribution in [1.82, 2.24) is 0 Å². The monoisotopic (exact) mass is 332 g/mol. The second-order valence-electron chi connectivity index (χ2n) is 5.73. The molecular formula is C10H26Br2N2. The third-order valence-electron chi connectivity index (χ3n) is 1.91. The molecule has 0 N–H and O–H groups in total. The Morgan fingerprint density at radius 2 is 0.786 bits per heavy atom. The summed E-state index contributed by atoms with van der Waals surface area (Å²) >= 11 is 0. The van der Waals surface area contributed by atoms with E-state index < -0.39 is 0 Å². The van der Waals surface area contributed by atoms with Crippen molar-refractivity contribution in [3.63, 3.8) is 0 Å². The Kier molecular flexibility index (Phi) is 11.7. The van der Waals surface area contributed by atoms with Gasteiger partial charge in [0.2, 0.25) is 0 Å². The maximum atomic E-state index is 2.26. The summed E-state index contributed by atoms with van der Waals surface area (Å²) in [6.45, 7) is 2.58. The minimum atomic E-state index is 0. The van der Waals surface area contributed by atoms with E-state index in [9.17, 15) is 0 Å². The lowest BCUT2D eigenvalue weighted by Gasteiger charge is -2.26. The van der Waals surface area contributed by atoms with Crippen molar-refractivity contribution in [3.8, 4) is 0 Å². The molecule has 0 fully saturated rings. The molecule has 0 amide bonds. The molecule has 0 atom stereocenters. The SMILES string of the molecule is C[N+](C)(C)CCCC[N+](C)(C)C.[Br-].[Br-]. The summed E-state index contributed by atoms with van der Waals surface area (Å²) in [7, 11) is 13.5. The van der Waals surface area contributed by atoms with Gasteiger partial charge in [0, 0.05) is 12.8 Å². The third-order valence-corrected chi connectivity index (χ3v) is 1.91. The summed E-state index contributed by atoms with van der Waals surface area (Å²) < 4.78 is 2.19. The number of quaternary nitrogens is 2. The fraction of sp³-hybridized carbons (Fsp3) is 1.00. The van der Waals surface area contributed by atoms with Crippen molar-refractivity contribution in [2.24, 2.45) is 0 Å². The van der Waals surface area contributed by atoms with Gasteiger partial charge in [0.25, 0.3) is 0 Å². The predicted octanol–water partition coefficient (Wildman–Crippen LogP) is -4.81. The molecule has 0 bridgehead atoms. The Morgan fingerprint density at radius 1 is 0.571 bits per heavy atom. The molecule has 2 nitrogen and oxygen atoms in total. The van der Waals surface area contributed by atoms with Gasteiger partial charge in [-0.05, 0) is 0 Å². The third kappa shape index (κ3) is 18.6. The average molecular weight is 334 g/mol. The zero-order chi connectivity index (χ0) is 9.83. The molecule has 0 aliphatic heterocycles. The molecule has 4 heteroatoms. The van der Waals surface area contributed by atoms with Gasteiger partial charge in [-0.2, -0.15) is 0 Å². The van der Waals surface area contributed by atoms with Crippen LogP contribution in [0.25, 0.3) is 0 Å². The van der Waals surface area contributed by atoms with E-state index in [1.165, 1.54) is 25.9 Å². The topological polar surface area (TPSA) is 0 Å². The van der Waals surface area contributed by atoms with Crippen molar-refractivity contribution in [1.29, 1.82) is 0 Å². The molecule has 0 aliphatic rings. The number of nitrogens with zero attached hydrogens (tertiary/aromatic N) is 2. The smallest absolute Gasteiger partial charge is 0.0782 e. The van der Waals surface area contributed by atoms with Crippen LogP contribution in [0.3, 0.4) is 0 Å². The minimum absolute atomic E-state index is 0. The Balaban J connectivity index is -0.000000605. The van der Waals surface area contributed by atoms with Gasteiger partial charge in [0.1, 0.15) is 0 Å². The quantitative estimate of drug-likeness (QED) is 0.350. The maximum absolute atomic E-state index is 2.26. The minimum Gasteiger partial charge on any atom is -1.00 e. The van der Waals surface area contributed by atoms with Gasteiger partial charge in [-0.15, -0.1) is 0 Å². The van der Waals surface area contributed by atoms with Crippen LogP contribution in [-0.2, 0) is 0 Å². The summed E-state index contributed by atoms with van der Waals surface area (Å²) in [6.07, 6.45) is 2.69. The molecule has 0 heterocycles. The Morgan fingerprint density at radius 3 is 0.929 bits per heavy atom. The van der Waals surface area contributed by atoms with E-state index in [1.54, 1.807) is 0 Å². The van der Waals surface area contributed by atoms with Crippen LogP contribution in [0.1, 0.15) is 12.8 Å². The second-order valence-corrected chi connectivity index (χ2v) is 5.73. The average Bonchev–Trinajstić information content (AvgIpc) is 1.76. The Labute approximate surface area is 111 Å². The summed E-state index contributed by atoms with van der Waals surface area (Å²) in [4.78, 5) is 0. The highest BCUT2D eigenvalue weighted by Crippen LogP contribution is 2.00. The van der Waals surface area contributed by atoms with E-state index in [0.29, 0.717) is 0 Å².